The Morgan fingerprint density at radius 3 is 2.48 bits per heavy atom. The van der Waals surface area contributed by atoms with Crippen molar-refractivity contribution in [3.05, 3.63) is 57.2 Å². The molecule has 6 heteroatoms. The average Bonchev–Trinajstić information content (AvgIpc) is 2.95. The Labute approximate surface area is 185 Å². The van der Waals surface area contributed by atoms with Gasteiger partial charge in [0.25, 0.3) is 0 Å². The van der Waals surface area contributed by atoms with Crippen molar-refractivity contribution in [1.29, 1.82) is 0 Å². The lowest BCUT2D eigenvalue weighted by Gasteiger charge is -2.20. The van der Waals surface area contributed by atoms with Gasteiger partial charge < -0.3 is 14.4 Å². The molecule has 154 valence electrons. The molecule has 3 rings (SSSR count). The van der Waals surface area contributed by atoms with E-state index in [1.807, 2.05) is 57.2 Å². The minimum absolute atomic E-state index is 0.0137. The summed E-state index contributed by atoms with van der Waals surface area (Å²) in [6.45, 7) is 8.72. The number of anilines is 1. The molecule has 1 aliphatic heterocycles. The summed E-state index contributed by atoms with van der Waals surface area (Å²) < 4.78 is 12.2. The normalized spacial score (nSPS) is 15.8. The zero-order valence-electron chi connectivity index (χ0n) is 17.2. The lowest BCUT2D eigenvalue weighted by Crippen LogP contribution is -2.31. The number of carbonyl (C=O) groups excluding carboxylic acids is 2. The third-order valence-electron chi connectivity index (χ3n) is 4.61. The molecule has 0 N–H and O–H groups in total. The summed E-state index contributed by atoms with van der Waals surface area (Å²) in [5.74, 6) is 0.612. The van der Waals surface area contributed by atoms with Crippen LogP contribution < -0.4 is 9.64 Å². The number of benzene rings is 2. The van der Waals surface area contributed by atoms with Gasteiger partial charge in [0.05, 0.1) is 12.1 Å². The summed E-state index contributed by atoms with van der Waals surface area (Å²) in [6.07, 6.45) is 0. The van der Waals surface area contributed by atoms with Crippen molar-refractivity contribution in [2.45, 2.75) is 39.2 Å². The zero-order chi connectivity index (χ0) is 21.2. The number of halogens is 1. The molecule has 0 bridgehead atoms. The van der Waals surface area contributed by atoms with Crippen LogP contribution in [0, 0.1) is 3.57 Å². The molecule has 0 saturated carbocycles. The Kier molecular flexibility index (Phi) is 6.51. The number of Topliss-reactive ketones (excluding diaryl/α,β-unsaturated/α-hetero) is 1. The summed E-state index contributed by atoms with van der Waals surface area (Å²) in [4.78, 5) is 26.9. The highest BCUT2D eigenvalue weighted by molar-refractivity contribution is 14.1. The predicted molar refractivity (Wildman–Crippen MR) is 122 cm³/mol. The van der Waals surface area contributed by atoms with Crippen LogP contribution in [0.3, 0.4) is 0 Å². The summed E-state index contributed by atoms with van der Waals surface area (Å²) in [5, 5.41) is 0. The van der Waals surface area contributed by atoms with Gasteiger partial charge in [-0.3, -0.25) is 4.79 Å². The van der Waals surface area contributed by atoms with Gasteiger partial charge in [0.15, 0.2) is 5.78 Å². The van der Waals surface area contributed by atoms with Crippen LogP contribution in [0.2, 0.25) is 0 Å². The maximum atomic E-state index is 12.4. The van der Waals surface area contributed by atoms with Crippen LogP contribution in [0.4, 0.5) is 5.69 Å². The van der Waals surface area contributed by atoms with Crippen molar-refractivity contribution >= 4 is 40.0 Å². The molecule has 2 aromatic carbocycles. The number of carbonyl (C=O) groups is 2. The van der Waals surface area contributed by atoms with Gasteiger partial charge in [0.1, 0.15) is 18.0 Å². The molecule has 0 spiro atoms. The second-order valence-corrected chi connectivity index (χ2v) is 9.58. The number of hydrogen-bond acceptors (Lipinski definition) is 5. The fourth-order valence-corrected chi connectivity index (χ4v) is 3.69. The van der Waals surface area contributed by atoms with Gasteiger partial charge in [-0.1, -0.05) is 6.92 Å². The standard InChI is InChI=1S/C23H26INO4/c1-15-12-25(13-18(26)14-28-19-8-6-17(24)7-9-19)21-10-5-16(11-20(15)21)22(27)29-23(2,3)4/h5-11,15H,12-14H2,1-4H3/t15-/m0/s1. The van der Waals surface area contributed by atoms with E-state index in [0.717, 1.165) is 21.4 Å². The van der Waals surface area contributed by atoms with E-state index in [-0.39, 0.29) is 30.8 Å². The van der Waals surface area contributed by atoms with E-state index in [1.165, 1.54) is 0 Å². The first-order valence-corrected chi connectivity index (χ1v) is 10.7. The topological polar surface area (TPSA) is 55.8 Å². The molecule has 1 heterocycles. The van der Waals surface area contributed by atoms with E-state index >= 15 is 0 Å². The first-order chi connectivity index (χ1) is 13.6. The quantitative estimate of drug-likeness (QED) is 0.415. The molecule has 0 aromatic heterocycles. The minimum atomic E-state index is -0.531. The van der Waals surface area contributed by atoms with Crippen molar-refractivity contribution in [1.82, 2.24) is 0 Å². The number of hydrogen-bond donors (Lipinski definition) is 0. The smallest absolute Gasteiger partial charge is 0.338 e. The van der Waals surface area contributed by atoms with Crippen LogP contribution in [-0.2, 0) is 9.53 Å². The highest BCUT2D eigenvalue weighted by Gasteiger charge is 2.28. The summed E-state index contributed by atoms with van der Waals surface area (Å²) >= 11 is 2.23. The molecule has 0 saturated heterocycles. The van der Waals surface area contributed by atoms with Gasteiger partial charge in [-0.25, -0.2) is 4.79 Å². The second kappa shape index (κ2) is 8.73. The van der Waals surface area contributed by atoms with Crippen molar-refractivity contribution in [3.63, 3.8) is 0 Å². The van der Waals surface area contributed by atoms with Gasteiger partial charge in [-0.05, 0) is 91.4 Å². The molecule has 0 aliphatic carbocycles. The highest BCUT2D eigenvalue weighted by atomic mass is 127. The first kappa shape index (κ1) is 21.6. The zero-order valence-corrected chi connectivity index (χ0v) is 19.4. The molecule has 29 heavy (non-hydrogen) atoms. The number of nitrogens with zero attached hydrogens (tertiary/aromatic N) is 1. The lowest BCUT2D eigenvalue weighted by atomic mass is 10.0. The molecule has 0 fully saturated rings. The van der Waals surface area contributed by atoms with Crippen molar-refractivity contribution in [2.75, 3.05) is 24.6 Å². The first-order valence-electron chi connectivity index (χ1n) is 9.65. The number of fused-ring (bicyclic) bond motifs is 1. The van der Waals surface area contributed by atoms with Crippen LogP contribution in [0.25, 0.3) is 0 Å². The fraction of sp³-hybridized carbons (Fsp3) is 0.391. The third-order valence-corrected chi connectivity index (χ3v) is 5.33. The summed E-state index contributed by atoms with van der Waals surface area (Å²) in [6, 6.07) is 13.2. The highest BCUT2D eigenvalue weighted by Crippen LogP contribution is 2.36. The van der Waals surface area contributed by atoms with Crippen LogP contribution in [0.5, 0.6) is 5.75 Å². The third kappa shape index (κ3) is 5.72. The van der Waals surface area contributed by atoms with Crippen LogP contribution in [0.1, 0.15) is 49.5 Å². The lowest BCUT2D eigenvalue weighted by molar-refractivity contribution is -0.119. The van der Waals surface area contributed by atoms with E-state index in [0.29, 0.717) is 11.3 Å². The SMILES string of the molecule is C[C@H]1CN(CC(=O)COc2ccc(I)cc2)c2ccc(C(=O)OC(C)(C)C)cc21. The number of rotatable bonds is 6. The van der Waals surface area contributed by atoms with E-state index in [9.17, 15) is 9.59 Å². The van der Waals surface area contributed by atoms with Crippen LogP contribution in [-0.4, -0.2) is 37.0 Å². The Hall–Kier alpha value is -2.09. The molecule has 2 aromatic rings. The van der Waals surface area contributed by atoms with Crippen molar-refractivity contribution < 1.29 is 19.1 Å². The van der Waals surface area contributed by atoms with Gasteiger partial charge in [0, 0.05) is 21.7 Å². The van der Waals surface area contributed by atoms with Gasteiger partial charge in [-0.15, -0.1) is 0 Å². The van der Waals surface area contributed by atoms with E-state index in [1.54, 1.807) is 6.07 Å². The number of ketones is 1. The Morgan fingerprint density at radius 2 is 1.83 bits per heavy atom. The fourth-order valence-electron chi connectivity index (χ4n) is 3.33. The van der Waals surface area contributed by atoms with Gasteiger partial charge >= 0.3 is 5.97 Å². The Bertz CT molecular complexity index is 902. The molecule has 1 aliphatic rings. The molecule has 0 amide bonds. The second-order valence-electron chi connectivity index (χ2n) is 8.34. The molecule has 0 unspecified atom stereocenters. The Morgan fingerprint density at radius 1 is 1.14 bits per heavy atom. The largest absolute Gasteiger partial charge is 0.486 e. The van der Waals surface area contributed by atoms with Crippen LogP contribution in [0.15, 0.2) is 42.5 Å². The minimum Gasteiger partial charge on any atom is -0.486 e. The predicted octanol–water partition coefficient (Wildman–Crippen LogP) is 4.82. The van der Waals surface area contributed by atoms with Crippen LogP contribution >= 0.6 is 22.6 Å². The van der Waals surface area contributed by atoms with Gasteiger partial charge in [-0.2, -0.15) is 0 Å². The maximum absolute atomic E-state index is 12.4. The molecular formula is C23H26INO4. The molecular weight excluding hydrogens is 481 g/mol. The molecule has 0 radical (unpaired) electrons. The van der Waals surface area contributed by atoms with Crippen molar-refractivity contribution in [2.24, 2.45) is 0 Å². The molecule has 1 atom stereocenters. The number of ether oxygens (including phenoxy) is 2. The summed E-state index contributed by atoms with van der Waals surface area (Å²) in [5.41, 5.74) is 2.07. The van der Waals surface area contributed by atoms with E-state index < -0.39 is 5.60 Å². The van der Waals surface area contributed by atoms with Crippen molar-refractivity contribution in [3.8, 4) is 5.75 Å². The monoisotopic (exact) mass is 507 g/mol. The van der Waals surface area contributed by atoms with Gasteiger partial charge in [0.2, 0.25) is 0 Å². The molecule has 5 nitrogen and oxygen atoms in total. The maximum Gasteiger partial charge on any atom is 0.338 e. The Balaban J connectivity index is 1.64. The summed E-state index contributed by atoms with van der Waals surface area (Å²) in [7, 11) is 0. The van der Waals surface area contributed by atoms with E-state index in [4.69, 9.17) is 9.47 Å². The van der Waals surface area contributed by atoms with E-state index in [2.05, 4.69) is 34.4 Å². The number of esters is 1. The average molecular weight is 507 g/mol.